The highest BCUT2D eigenvalue weighted by molar-refractivity contribution is 5.76. The summed E-state index contributed by atoms with van der Waals surface area (Å²) in [5.41, 5.74) is 5.06. The number of ether oxygens (including phenoxy) is 3. The van der Waals surface area contributed by atoms with Gasteiger partial charge in [-0.05, 0) is 66.6 Å². The fourth-order valence-electron chi connectivity index (χ4n) is 3.29. The first-order valence-corrected chi connectivity index (χ1v) is 8.82. The molecule has 5 heteroatoms. The standard InChI is InChI=1S/C21H24O5/c1-14-5-7-18(22)21(17(14)9-11-25-13-20(23)24-2)16-6-8-19-15(12-16)4-3-10-26-19/h5-8,12,22H,3-4,9-11,13H2,1-2H3. The van der Waals surface area contributed by atoms with E-state index in [1.54, 1.807) is 6.07 Å². The van der Waals surface area contributed by atoms with E-state index >= 15 is 0 Å². The van der Waals surface area contributed by atoms with Crippen molar-refractivity contribution in [1.29, 1.82) is 0 Å². The van der Waals surface area contributed by atoms with Crippen molar-refractivity contribution in [2.45, 2.75) is 26.2 Å². The molecule has 0 atom stereocenters. The molecule has 138 valence electrons. The lowest BCUT2D eigenvalue weighted by atomic mass is 9.91. The summed E-state index contributed by atoms with van der Waals surface area (Å²) in [5, 5.41) is 10.5. The molecule has 0 unspecified atom stereocenters. The van der Waals surface area contributed by atoms with Gasteiger partial charge in [-0.3, -0.25) is 0 Å². The summed E-state index contributed by atoms with van der Waals surface area (Å²) in [6.45, 7) is 3.07. The quantitative estimate of drug-likeness (QED) is 0.635. The molecule has 26 heavy (non-hydrogen) atoms. The van der Waals surface area contributed by atoms with Gasteiger partial charge in [0.05, 0.1) is 20.3 Å². The van der Waals surface area contributed by atoms with Crippen LogP contribution in [0.1, 0.15) is 23.1 Å². The van der Waals surface area contributed by atoms with Crippen LogP contribution in [0.3, 0.4) is 0 Å². The normalized spacial score (nSPS) is 13.0. The first-order valence-electron chi connectivity index (χ1n) is 8.82. The van der Waals surface area contributed by atoms with Gasteiger partial charge in [0.15, 0.2) is 0 Å². The van der Waals surface area contributed by atoms with Crippen LogP contribution in [-0.2, 0) is 27.1 Å². The van der Waals surface area contributed by atoms with Gasteiger partial charge in [0, 0.05) is 5.56 Å². The Morgan fingerprint density at radius 3 is 2.92 bits per heavy atom. The number of benzene rings is 2. The van der Waals surface area contributed by atoms with Gasteiger partial charge in [0.1, 0.15) is 18.1 Å². The fourth-order valence-corrected chi connectivity index (χ4v) is 3.29. The van der Waals surface area contributed by atoms with Crippen LogP contribution >= 0.6 is 0 Å². The fraction of sp³-hybridized carbons (Fsp3) is 0.381. The molecule has 2 aromatic carbocycles. The van der Waals surface area contributed by atoms with Crippen molar-refractivity contribution in [1.82, 2.24) is 0 Å². The Kier molecular flexibility index (Phi) is 5.78. The Morgan fingerprint density at radius 2 is 2.12 bits per heavy atom. The number of phenols is 1. The Balaban J connectivity index is 1.86. The molecule has 2 aromatic rings. The van der Waals surface area contributed by atoms with Crippen molar-refractivity contribution < 1.29 is 24.1 Å². The van der Waals surface area contributed by atoms with Crippen LogP contribution in [0.2, 0.25) is 0 Å². The third kappa shape index (κ3) is 3.99. The molecule has 1 aliphatic heterocycles. The number of fused-ring (bicyclic) bond motifs is 1. The summed E-state index contributed by atoms with van der Waals surface area (Å²) >= 11 is 0. The molecule has 5 nitrogen and oxygen atoms in total. The number of rotatable bonds is 6. The molecule has 1 heterocycles. The predicted octanol–water partition coefficient (Wildman–Crippen LogP) is 3.42. The van der Waals surface area contributed by atoms with E-state index < -0.39 is 5.97 Å². The van der Waals surface area contributed by atoms with Crippen LogP contribution in [0.15, 0.2) is 30.3 Å². The molecule has 1 N–H and O–H groups in total. The zero-order valence-corrected chi connectivity index (χ0v) is 15.2. The van der Waals surface area contributed by atoms with Gasteiger partial charge in [-0.15, -0.1) is 0 Å². The lowest BCUT2D eigenvalue weighted by molar-refractivity contribution is -0.145. The van der Waals surface area contributed by atoms with Crippen molar-refractivity contribution in [3.8, 4) is 22.6 Å². The topological polar surface area (TPSA) is 65.0 Å². The van der Waals surface area contributed by atoms with Gasteiger partial charge in [0.25, 0.3) is 0 Å². The number of hydrogen-bond acceptors (Lipinski definition) is 5. The number of carbonyl (C=O) groups is 1. The van der Waals surface area contributed by atoms with Crippen molar-refractivity contribution in [2.24, 2.45) is 0 Å². The average Bonchev–Trinajstić information content (AvgIpc) is 2.67. The molecule has 3 rings (SSSR count). The molecule has 0 spiro atoms. The highest BCUT2D eigenvalue weighted by Gasteiger charge is 2.17. The number of hydrogen-bond donors (Lipinski definition) is 1. The van der Waals surface area contributed by atoms with Crippen LogP contribution in [0.4, 0.5) is 0 Å². The minimum atomic E-state index is -0.396. The van der Waals surface area contributed by atoms with Crippen LogP contribution in [0.25, 0.3) is 11.1 Å². The SMILES string of the molecule is COC(=O)COCCc1c(C)ccc(O)c1-c1ccc2c(c1)CCCO2. The van der Waals surface area contributed by atoms with Gasteiger partial charge in [-0.2, -0.15) is 0 Å². The van der Waals surface area contributed by atoms with Gasteiger partial charge in [0.2, 0.25) is 0 Å². The Labute approximate surface area is 153 Å². The summed E-state index contributed by atoms with van der Waals surface area (Å²) in [6.07, 6.45) is 2.58. The Morgan fingerprint density at radius 1 is 1.27 bits per heavy atom. The van der Waals surface area contributed by atoms with Gasteiger partial charge in [-0.1, -0.05) is 12.1 Å². The average molecular weight is 356 g/mol. The van der Waals surface area contributed by atoms with Crippen molar-refractivity contribution in [3.05, 3.63) is 47.0 Å². The second-order valence-corrected chi connectivity index (χ2v) is 6.41. The lowest BCUT2D eigenvalue weighted by Crippen LogP contribution is -2.12. The van der Waals surface area contributed by atoms with E-state index in [4.69, 9.17) is 9.47 Å². The number of carbonyl (C=O) groups excluding carboxylic acids is 1. The summed E-state index contributed by atoms with van der Waals surface area (Å²) in [7, 11) is 1.34. The number of aryl methyl sites for hydroxylation is 2. The third-order valence-corrected chi connectivity index (χ3v) is 4.67. The smallest absolute Gasteiger partial charge is 0.331 e. The van der Waals surface area contributed by atoms with E-state index in [1.807, 2.05) is 25.1 Å². The molecule has 0 saturated carbocycles. The van der Waals surface area contributed by atoms with E-state index in [1.165, 1.54) is 12.7 Å². The molecule has 0 radical (unpaired) electrons. The van der Waals surface area contributed by atoms with Gasteiger partial charge in [-0.25, -0.2) is 4.79 Å². The van der Waals surface area contributed by atoms with E-state index in [9.17, 15) is 9.90 Å². The van der Waals surface area contributed by atoms with Gasteiger partial charge >= 0.3 is 5.97 Å². The largest absolute Gasteiger partial charge is 0.507 e. The first kappa shape index (κ1) is 18.3. The predicted molar refractivity (Wildman–Crippen MR) is 98.6 cm³/mol. The molecule has 0 saturated heterocycles. The summed E-state index contributed by atoms with van der Waals surface area (Å²) in [4.78, 5) is 11.2. The van der Waals surface area contributed by atoms with E-state index in [0.29, 0.717) is 13.0 Å². The monoisotopic (exact) mass is 356 g/mol. The van der Waals surface area contributed by atoms with Crippen LogP contribution in [-0.4, -0.2) is 38.0 Å². The summed E-state index contributed by atoms with van der Waals surface area (Å²) < 4.78 is 15.7. The zero-order valence-electron chi connectivity index (χ0n) is 15.2. The maximum Gasteiger partial charge on any atom is 0.331 e. The number of methoxy groups -OCH3 is 1. The second-order valence-electron chi connectivity index (χ2n) is 6.41. The molecule has 0 aliphatic carbocycles. The number of aromatic hydroxyl groups is 1. The van der Waals surface area contributed by atoms with Crippen LogP contribution < -0.4 is 4.74 Å². The van der Waals surface area contributed by atoms with Gasteiger partial charge < -0.3 is 19.3 Å². The minimum Gasteiger partial charge on any atom is -0.507 e. The molecule has 0 aromatic heterocycles. The van der Waals surface area contributed by atoms with Crippen molar-refractivity contribution >= 4 is 5.97 Å². The van der Waals surface area contributed by atoms with Crippen molar-refractivity contribution in [3.63, 3.8) is 0 Å². The third-order valence-electron chi connectivity index (χ3n) is 4.67. The van der Waals surface area contributed by atoms with Crippen LogP contribution in [0, 0.1) is 6.92 Å². The second kappa shape index (κ2) is 8.23. The lowest BCUT2D eigenvalue weighted by Gasteiger charge is -2.20. The first-order chi connectivity index (χ1) is 12.6. The van der Waals surface area contributed by atoms with E-state index in [2.05, 4.69) is 10.8 Å². The van der Waals surface area contributed by atoms with E-state index in [0.717, 1.165) is 47.5 Å². The maximum atomic E-state index is 11.2. The number of esters is 1. The highest BCUT2D eigenvalue weighted by Crippen LogP contribution is 2.38. The summed E-state index contributed by atoms with van der Waals surface area (Å²) in [5.74, 6) is 0.776. The summed E-state index contributed by atoms with van der Waals surface area (Å²) in [6, 6.07) is 9.68. The maximum absolute atomic E-state index is 11.2. The highest BCUT2D eigenvalue weighted by atomic mass is 16.6. The number of phenolic OH excluding ortho intramolecular Hbond substituents is 1. The van der Waals surface area contributed by atoms with Crippen molar-refractivity contribution in [2.75, 3.05) is 26.9 Å². The molecule has 1 aliphatic rings. The van der Waals surface area contributed by atoms with E-state index in [-0.39, 0.29) is 12.4 Å². The zero-order chi connectivity index (χ0) is 18.5. The molecule has 0 amide bonds. The minimum absolute atomic E-state index is 0.0696. The molecule has 0 fully saturated rings. The Bertz CT molecular complexity index is 797. The molecular weight excluding hydrogens is 332 g/mol. The molecule has 0 bridgehead atoms. The molecular formula is C21H24O5. The van der Waals surface area contributed by atoms with Crippen LogP contribution in [0.5, 0.6) is 11.5 Å². The Hall–Kier alpha value is -2.53.